The minimum Gasteiger partial charge on any atom is -0.301 e. The van der Waals surface area contributed by atoms with Gasteiger partial charge in [0.05, 0.1) is 4.87 Å². The van der Waals surface area contributed by atoms with E-state index in [1.165, 1.54) is 51.3 Å². The fourth-order valence-electron chi connectivity index (χ4n) is 2.82. The number of likely N-dealkylation sites (N-methyl/N-ethyl adjacent to an activating group) is 2. The van der Waals surface area contributed by atoms with Crippen molar-refractivity contribution in [1.29, 1.82) is 0 Å². The zero-order valence-corrected chi connectivity index (χ0v) is 10.3. The van der Waals surface area contributed by atoms with Crippen molar-refractivity contribution in [3.8, 4) is 0 Å². The molecule has 2 aliphatic heterocycles. The molecule has 1 atom stereocenters. The summed E-state index contributed by atoms with van der Waals surface area (Å²) < 4.78 is 0. The third-order valence-corrected chi connectivity index (χ3v) is 5.17. The summed E-state index contributed by atoms with van der Waals surface area (Å²) in [6.07, 6.45) is 2.79. The summed E-state index contributed by atoms with van der Waals surface area (Å²) in [6, 6.07) is 0. The van der Waals surface area contributed by atoms with Crippen LogP contribution in [0.3, 0.4) is 0 Å². The maximum absolute atomic E-state index is 2.69. The van der Waals surface area contributed by atoms with Crippen LogP contribution >= 0.6 is 11.8 Å². The van der Waals surface area contributed by atoms with Crippen LogP contribution in [0.4, 0.5) is 0 Å². The Hall–Kier alpha value is 0.270. The van der Waals surface area contributed by atoms with Gasteiger partial charge in [0.1, 0.15) is 0 Å². The van der Waals surface area contributed by atoms with E-state index in [1.807, 2.05) is 0 Å². The van der Waals surface area contributed by atoms with Crippen LogP contribution in [0.1, 0.15) is 26.7 Å². The molecule has 3 heteroatoms. The second kappa shape index (κ2) is 4.42. The number of likely N-dealkylation sites (tertiary alicyclic amines) is 1. The van der Waals surface area contributed by atoms with Crippen LogP contribution in [0.2, 0.25) is 0 Å². The smallest absolute Gasteiger partial charge is 0.0799 e. The van der Waals surface area contributed by atoms with Crippen molar-refractivity contribution in [3.05, 3.63) is 0 Å². The maximum Gasteiger partial charge on any atom is 0.0799 e. The molecule has 0 amide bonds. The first kappa shape index (κ1) is 10.8. The Morgan fingerprint density at radius 1 is 1.21 bits per heavy atom. The lowest BCUT2D eigenvalue weighted by molar-refractivity contribution is 0.0952. The van der Waals surface area contributed by atoms with Gasteiger partial charge >= 0.3 is 0 Å². The van der Waals surface area contributed by atoms with Gasteiger partial charge in [-0.2, -0.15) is 0 Å². The van der Waals surface area contributed by atoms with E-state index in [-0.39, 0.29) is 0 Å². The van der Waals surface area contributed by atoms with Crippen LogP contribution in [0.5, 0.6) is 0 Å². The number of thioether (sulfide) groups is 1. The molecule has 0 bridgehead atoms. The molecule has 1 unspecified atom stereocenters. The molecule has 2 saturated heterocycles. The zero-order chi connectivity index (χ0) is 10.0. The lowest BCUT2D eigenvalue weighted by Crippen LogP contribution is -2.53. The van der Waals surface area contributed by atoms with E-state index in [9.17, 15) is 0 Å². The van der Waals surface area contributed by atoms with Crippen molar-refractivity contribution >= 4 is 11.8 Å². The molecule has 2 fully saturated rings. The van der Waals surface area contributed by atoms with E-state index in [0.717, 1.165) is 0 Å². The van der Waals surface area contributed by atoms with E-state index >= 15 is 0 Å². The zero-order valence-electron chi connectivity index (χ0n) is 9.46. The van der Waals surface area contributed by atoms with Gasteiger partial charge in [-0.1, -0.05) is 13.8 Å². The largest absolute Gasteiger partial charge is 0.301 e. The van der Waals surface area contributed by atoms with Crippen LogP contribution < -0.4 is 0 Å². The van der Waals surface area contributed by atoms with Gasteiger partial charge in [-0.15, -0.1) is 11.8 Å². The van der Waals surface area contributed by atoms with Crippen molar-refractivity contribution in [2.75, 3.05) is 38.5 Å². The molecule has 0 radical (unpaired) electrons. The Labute approximate surface area is 92.0 Å². The minimum atomic E-state index is 0.489. The van der Waals surface area contributed by atoms with E-state index in [1.54, 1.807) is 0 Å². The number of nitrogens with zero attached hydrogens (tertiary/aromatic N) is 2. The molecule has 0 N–H and O–H groups in total. The van der Waals surface area contributed by atoms with Crippen LogP contribution in [-0.2, 0) is 0 Å². The first-order valence-corrected chi connectivity index (χ1v) is 6.90. The quantitative estimate of drug-likeness (QED) is 0.693. The molecular formula is C11H22N2S. The Bertz CT molecular complexity index is 198. The molecule has 0 aromatic rings. The van der Waals surface area contributed by atoms with Crippen molar-refractivity contribution in [2.24, 2.45) is 0 Å². The van der Waals surface area contributed by atoms with Gasteiger partial charge in [0, 0.05) is 18.8 Å². The molecule has 0 saturated carbocycles. The molecule has 2 aliphatic rings. The molecule has 2 rings (SSSR count). The van der Waals surface area contributed by atoms with Gasteiger partial charge in [0.15, 0.2) is 0 Å². The average molecular weight is 214 g/mol. The van der Waals surface area contributed by atoms with E-state index in [2.05, 4.69) is 35.4 Å². The van der Waals surface area contributed by atoms with Gasteiger partial charge in [-0.05, 0) is 32.5 Å². The highest BCUT2D eigenvalue weighted by Crippen LogP contribution is 2.42. The molecule has 0 aliphatic carbocycles. The molecule has 0 aromatic heterocycles. The molecule has 14 heavy (non-hydrogen) atoms. The molecule has 82 valence electrons. The van der Waals surface area contributed by atoms with Crippen molar-refractivity contribution in [3.63, 3.8) is 0 Å². The summed E-state index contributed by atoms with van der Waals surface area (Å²) >= 11 is 2.20. The first-order valence-electron chi connectivity index (χ1n) is 5.92. The molecule has 2 heterocycles. The highest BCUT2D eigenvalue weighted by atomic mass is 32.2. The van der Waals surface area contributed by atoms with Gasteiger partial charge in [-0.25, -0.2) is 0 Å². The Balaban J connectivity index is 2.05. The maximum atomic E-state index is 2.69. The second-order valence-electron chi connectivity index (χ2n) is 4.35. The Kier molecular flexibility index (Phi) is 3.40. The van der Waals surface area contributed by atoms with Gasteiger partial charge in [0.2, 0.25) is 0 Å². The number of hydrogen-bond acceptors (Lipinski definition) is 3. The van der Waals surface area contributed by atoms with Crippen LogP contribution in [0.15, 0.2) is 0 Å². The lowest BCUT2D eigenvalue weighted by atomic mass is 10.0. The number of rotatable bonds is 2. The van der Waals surface area contributed by atoms with E-state index < -0.39 is 0 Å². The summed E-state index contributed by atoms with van der Waals surface area (Å²) in [6.45, 7) is 11.0. The van der Waals surface area contributed by atoms with Gasteiger partial charge < -0.3 is 4.90 Å². The summed E-state index contributed by atoms with van der Waals surface area (Å²) in [4.78, 5) is 5.80. The molecule has 1 spiro atoms. The van der Waals surface area contributed by atoms with E-state index in [0.29, 0.717) is 4.87 Å². The first-order chi connectivity index (χ1) is 6.80. The van der Waals surface area contributed by atoms with Crippen molar-refractivity contribution in [1.82, 2.24) is 9.80 Å². The number of hydrogen-bond donors (Lipinski definition) is 0. The fraction of sp³-hybridized carbons (Fsp3) is 1.00. The predicted molar refractivity (Wildman–Crippen MR) is 63.8 cm³/mol. The monoisotopic (exact) mass is 214 g/mol. The van der Waals surface area contributed by atoms with Crippen molar-refractivity contribution in [2.45, 2.75) is 31.6 Å². The molecule has 0 aromatic carbocycles. The van der Waals surface area contributed by atoms with Crippen LogP contribution in [-0.4, -0.2) is 53.1 Å². The summed E-state index contributed by atoms with van der Waals surface area (Å²) in [5.41, 5.74) is 0. The third kappa shape index (κ3) is 1.82. The molecule has 2 nitrogen and oxygen atoms in total. The summed E-state index contributed by atoms with van der Waals surface area (Å²) in [7, 11) is 0. The van der Waals surface area contributed by atoms with Gasteiger partial charge in [0.25, 0.3) is 0 Å². The minimum absolute atomic E-state index is 0.489. The fourth-order valence-corrected chi connectivity index (χ4v) is 4.48. The van der Waals surface area contributed by atoms with E-state index in [4.69, 9.17) is 0 Å². The number of piperidine rings is 1. The predicted octanol–water partition coefficient (Wildman–Crippen LogP) is 1.87. The van der Waals surface area contributed by atoms with Crippen molar-refractivity contribution < 1.29 is 0 Å². The highest BCUT2D eigenvalue weighted by Gasteiger charge is 2.43. The SMILES string of the molecule is CCN1CCCC2(C1)SCCN2CC. The van der Waals surface area contributed by atoms with Crippen LogP contribution in [0.25, 0.3) is 0 Å². The second-order valence-corrected chi connectivity index (χ2v) is 5.80. The molecular weight excluding hydrogens is 192 g/mol. The Morgan fingerprint density at radius 2 is 2.07 bits per heavy atom. The topological polar surface area (TPSA) is 6.48 Å². The third-order valence-electron chi connectivity index (χ3n) is 3.65. The van der Waals surface area contributed by atoms with Gasteiger partial charge in [-0.3, -0.25) is 4.90 Å². The highest BCUT2D eigenvalue weighted by molar-refractivity contribution is 8.00. The summed E-state index contributed by atoms with van der Waals surface area (Å²) in [5.74, 6) is 1.34. The Morgan fingerprint density at radius 3 is 2.79 bits per heavy atom. The average Bonchev–Trinajstić information content (AvgIpc) is 2.60. The summed E-state index contributed by atoms with van der Waals surface area (Å²) in [5, 5.41) is 0. The lowest BCUT2D eigenvalue weighted by Gasteiger charge is -2.44. The standard InChI is InChI=1S/C11H22N2S/c1-3-12-7-5-6-11(10-12)13(4-2)8-9-14-11/h3-10H2,1-2H3. The normalized spacial score (nSPS) is 35.6. The van der Waals surface area contributed by atoms with Crippen LogP contribution in [0, 0.1) is 0 Å².